The molecule has 0 aliphatic rings. The molecule has 19 heavy (non-hydrogen) atoms. The van der Waals surface area contributed by atoms with E-state index in [9.17, 15) is 14.0 Å². The van der Waals surface area contributed by atoms with Gasteiger partial charge in [0.2, 0.25) is 0 Å². The number of carbonyl (C=O) groups excluding carboxylic acids is 1. The fourth-order valence-corrected chi connectivity index (χ4v) is 1.66. The van der Waals surface area contributed by atoms with E-state index >= 15 is 0 Å². The molecule has 1 aromatic carbocycles. The Hall–Kier alpha value is -2.63. The molecule has 1 heterocycles. The number of methoxy groups -OCH3 is 1. The third kappa shape index (κ3) is 2.47. The average molecular weight is 263 g/mol. The number of nitrogens with zero attached hydrogens (tertiary/aromatic N) is 1. The van der Waals surface area contributed by atoms with Gasteiger partial charge in [0.25, 0.3) is 0 Å². The van der Waals surface area contributed by atoms with Crippen LogP contribution in [0.25, 0.3) is 5.69 Å². The van der Waals surface area contributed by atoms with Crippen molar-refractivity contribution >= 4 is 11.9 Å². The molecule has 0 atom stereocenters. The summed E-state index contributed by atoms with van der Waals surface area (Å²) in [7, 11) is 1.20. The van der Waals surface area contributed by atoms with Crippen molar-refractivity contribution in [1.82, 2.24) is 4.57 Å². The van der Waals surface area contributed by atoms with Crippen molar-refractivity contribution in [1.29, 1.82) is 0 Å². The molecule has 0 bridgehead atoms. The lowest BCUT2D eigenvalue weighted by molar-refractivity contribution is 0.0591. The van der Waals surface area contributed by atoms with E-state index in [1.165, 1.54) is 48.2 Å². The third-order valence-corrected chi connectivity index (χ3v) is 2.57. The number of aromatic carboxylic acids is 1. The first-order valence-corrected chi connectivity index (χ1v) is 5.33. The molecule has 0 fully saturated rings. The second-order valence-corrected chi connectivity index (χ2v) is 3.76. The van der Waals surface area contributed by atoms with Crippen molar-refractivity contribution in [3.63, 3.8) is 0 Å². The summed E-state index contributed by atoms with van der Waals surface area (Å²) in [6.45, 7) is 0. The van der Waals surface area contributed by atoms with E-state index in [0.717, 1.165) is 0 Å². The molecule has 0 aliphatic carbocycles. The lowest BCUT2D eigenvalue weighted by Crippen LogP contribution is -2.08. The van der Waals surface area contributed by atoms with Crippen LogP contribution < -0.4 is 0 Å². The summed E-state index contributed by atoms with van der Waals surface area (Å²) in [5.74, 6) is -2.25. The largest absolute Gasteiger partial charge is 0.478 e. The Morgan fingerprint density at radius 3 is 2.42 bits per heavy atom. The number of hydrogen-bond acceptors (Lipinski definition) is 3. The van der Waals surface area contributed by atoms with Gasteiger partial charge in [0, 0.05) is 11.9 Å². The first-order chi connectivity index (χ1) is 9.02. The molecular weight excluding hydrogens is 253 g/mol. The van der Waals surface area contributed by atoms with Gasteiger partial charge in [0.05, 0.1) is 12.7 Å². The summed E-state index contributed by atoms with van der Waals surface area (Å²) in [6.07, 6.45) is 1.28. The zero-order chi connectivity index (χ0) is 14.0. The van der Waals surface area contributed by atoms with Gasteiger partial charge in [-0.2, -0.15) is 0 Å². The van der Waals surface area contributed by atoms with E-state index < -0.39 is 17.8 Å². The van der Waals surface area contributed by atoms with Gasteiger partial charge in [0.15, 0.2) is 0 Å². The number of halogens is 1. The van der Waals surface area contributed by atoms with Crippen LogP contribution in [0.3, 0.4) is 0 Å². The molecule has 0 aliphatic heterocycles. The maximum Gasteiger partial charge on any atom is 0.355 e. The zero-order valence-electron chi connectivity index (χ0n) is 9.96. The normalized spacial score (nSPS) is 10.2. The highest BCUT2D eigenvalue weighted by molar-refractivity contribution is 5.94. The van der Waals surface area contributed by atoms with Crippen molar-refractivity contribution in [2.24, 2.45) is 0 Å². The standard InChI is InChI=1S/C13H10FNO4/c1-19-13(18)11-6-8(12(16)17)7-15(11)10-4-2-9(14)3-5-10/h2-7H,1H3,(H,16,17). The van der Waals surface area contributed by atoms with Gasteiger partial charge in [-0.05, 0) is 30.3 Å². The minimum atomic E-state index is -1.16. The Morgan fingerprint density at radius 2 is 1.89 bits per heavy atom. The first-order valence-electron chi connectivity index (χ1n) is 5.33. The van der Waals surface area contributed by atoms with Gasteiger partial charge < -0.3 is 14.4 Å². The van der Waals surface area contributed by atoms with Crippen molar-refractivity contribution in [3.8, 4) is 5.69 Å². The maximum atomic E-state index is 12.9. The summed E-state index contributed by atoms with van der Waals surface area (Å²) in [5, 5.41) is 8.94. The molecule has 0 saturated carbocycles. The Balaban J connectivity index is 2.57. The maximum absolute atomic E-state index is 12.9. The molecule has 0 spiro atoms. The van der Waals surface area contributed by atoms with E-state index in [1.807, 2.05) is 0 Å². The number of esters is 1. The van der Waals surface area contributed by atoms with E-state index in [2.05, 4.69) is 4.74 Å². The molecule has 98 valence electrons. The topological polar surface area (TPSA) is 68.5 Å². The molecule has 2 aromatic rings. The monoisotopic (exact) mass is 263 g/mol. The van der Waals surface area contributed by atoms with Crippen LogP contribution in [-0.4, -0.2) is 28.7 Å². The van der Waals surface area contributed by atoms with Crippen LogP contribution in [0.1, 0.15) is 20.8 Å². The van der Waals surface area contributed by atoms with Crippen LogP contribution in [-0.2, 0) is 4.74 Å². The fraction of sp³-hybridized carbons (Fsp3) is 0.0769. The summed E-state index contributed by atoms with van der Waals surface area (Å²) in [5.41, 5.74) is 0.477. The summed E-state index contributed by atoms with van der Waals surface area (Å²) < 4.78 is 18.8. The number of ether oxygens (including phenoxy) is 1. The van der Waals surface area contributed by atoms with Crippen LogP contribution >= 0.6 is 0 Å². The predicted octanol–water partition coefficient (Wildman–Crippen LogP) is 2.10. The van der Waals surface area contributed by atoms with E-state index in [-0.39, 0.29) is 11.3 Å². The lowest BCUT2D eigenvalue weighted by Gasteiger charge is -2.07. The van der Waals surface area contributed by atoms with Gasteiger partial charge in [0.1, 0.15) is 11.5 Å². The van der Waals surface area contributed by atoms with Crippen molar-refractivity contribution in [2.45, 2.75) is 0 Å². The number of carboxylic acid groups (broad SMARTS) is 1. The highest BCUT2D eigenvalue weighted by Crippen LogP contribution is 2.17. The molecule has 1 N–H and O–H groups in total. The Labute approximate surface area is 107 Å². The van der Waals surface area contributed by atoms with Crippen LogP contribution in [0.2, 0.25) is 0 Å². The number of rotatable bonds is 3. The van der Waals surface area contributed by atoms with Crippen LogP contribution in [0, 0.1) is 5.82 Å². The zero-order valence-corrected chi connectivity index (χ0v) is 9.96. The second kappa shape index (κ2) is 4.93. The van der Waals surface area contributed by atoms with E-state index in [0.29, 0.717) is 5.69 Å². The number of aromatic nitrogens is 1. The van der Waals surface area contributed by atoms with Crippen molar-refractivity contribution in [3.05, 3.63) is 53.6 Å². The van der Waals surface area contributed by atoms with Gasteiger partial charge in [-0.1, -0.05) is 0 Å². The SMILES string of the molecule is COC(=O)c1cc(C(=O)O)cn1-c1ccc(F)cc1. The fourth-order valence-electron chi connectivity index (χ4n) is 1.66. The highest BCUT2D eigenvalue weighted by Gasteiger charge is 2.18. The first kappa shape index (κ1) is 12.8. The Kier molecular flexibility index (Phi) is 3.33. The Bertz CT molecular complexity index is 631. The quantitative estimate of drug-likeness (QED) is 0.861. The van der Waals surface area contributed by atoms with Gasteiger partial charge in [-0.15, -0.1) is 0 Å². The lowest BCUT2D eigenvalue weighted by atomic mass is 10.3. The summed E-state index contributed by atoms with van der Waals surface area (Å²) >= 11 is 0. The molecular formula is C13H10FNO4. The highest BCUT2D eigenvalue weighted by atomic mass is 19.1. The summed E-state index contributed by atoms with van der Waals surface area (Å²) in [4.78, 5) is 22.5. The minimum Gasteiger partial charge on any atom is -0.478 e. The molecule has 0 saturated heterocycles. The second-order valence-electron chi connectivity index (χ2n) is 3.76. The molecule has 0 amide bonds. The van der Waals surface area contributed by atoms with Crippen molar-refractivity contribution < 1.29 is 23.8 Å². The van der Waals surface area contributed by atoms with Gasteiger partial charge in [-0.3, -0.25) is 0 Å². The number of benzene rings is 1. The van der Waals surface area contributed by atoms with E-state index in [4.69, 9.17) is 5.11 Å². The number of hydrogen-bond donors (Lipinski definition) is 1. The smallest absolute Gasteiger partial charge is 0.355 e. The number of carbonyl (C=O) groups is 2. The summed E-state index contributed by atoms with van der Waals surface area (Å²) in [6, 6.07) is 6.52. The van der Waals surface area contributed by atoms with Crippen LogP contribution in [0.4, 0.5) is 4.39 Å². The third-order valence-electron chi connectivity index (χ3n) is 2.57. The van der Waals surface area contributed by atoms with Gasteiger partial charge >= 0.3 is 11.9 Å². The van der Waals surface area contributed by atoms with Crippen LogP contribution in [0.15, 0.2) is 36.5 Å². The molecule has 2 rings (SSSR count). The Morgan fingerprint density at radius 1 is 1.26 bits per heavy atom. The van der Waals surface area contributed by atoms with Crippen LogP contribution in [0.5, 0.6) is 0 Å². The molecule has 1 aromatic heterocycles. The van der Waals surface area contributed by atoms with Crippen molar-refractivity contribution in [2.75, 3.05) is 7.11 Å². The molecule has 0 radical (unpaired) electrons. The molecule has 5 nitrogen and oxygen atoms in total. The van der Waals surface area contributed by atoms with E-state index in [1.54, 1.807) is 0 Å². The number of carboxylic acids is 1. The predicted molar refractivity (Wildman–Crippen MR) is 64.0 cm³/mol. The van der Waals surface area contributed by atoms with Gasteiger partial charge in [-0.25, -0.2) is 14.0 Å². The minimum absolute atomic E-state index is 0.0512. The average Bonchev–Trinajstić information content (AvgIpc) is 2.84. The molecule has 0 unspecified atom stereocenters. The molecule has 6 heteroatoms.